The van der Waals surface area contributed by atoms with Gasteiger partial charge in [0.05, 0.1) is 5.39 Å². The molecule has 4 rings (SSSR count). The van der Waals surface area contributed by atoms with Gasteiger partial charge in [-0.2, -0.15) is 4.98 Å². The van der Waals surface area contributed by atoms with Crippen molar-refractivity contribution in [3.05, 3.63) is 28.8 Å². The lowest BCUT2D eigenvalue weighted by molar-refractivity contribution is -0.125. The molecule has 6 heteroatoms. The lowest BCUT2D eigenvalue weighted by Crippen LogP contribution is -2.41. The van der Waals surface area contributed by atoms with Crippen LogP contribution in [-0.4, -0.2) is 35.5 Å². The molecule has 29 heavy (non-hydrogen) atoms. The number of aryl methyl sites for hydroxylation is 3. The molecule has 1 saturated heterocycles. The topological polar surface area (TPSA) is 71.3 Å². The molecule has 3 heterocycles. The average molecular weight is 397 g/mol. The number of rotatable bonds is 5. The summed E-state index contributed by atoms with van der Waals surface area (Å²) in [5.41, 5.74) is 3.28. The summed E-state index contributed by atoms with van der Waals surface area (Å²) in [6.07, 6.45) is 10.1. The molecule has 0 bridgehead atoms. The lowest BCUT2D eigenvalue weighted by Gasteiger charge is -2.32. The standard InChI is InChI=1S/C23H32N4O2/c1-15-16(2)29-23-20(15)21(25-17(3)26-23)27-13-10-19(11-14-27)22(28)24-12-9-18-7-5-4-6-8-18/h7,19H,4-6,8-14H2,1-3H3,(H,24,28). The number of hydrogen-bond donors (Lipinski definition) is 1. The third-order valence-corrected chi connectivity index (χ3v) is 6.42. The van der Waals surface area contributed by atoms with Gasteiger partial charge in [-0.1, -0.05) is 11.6 Å². The van der Waals surface area contributed by atoms with E-state index in [1.807, 2.05) is 13.8 Å². The molecule has 1 fully saturated rings. The zero-order valence-corrected chi connectivity index (χ0v) is 17.9. The van der Waals surface area contributed by atoms with Crippen LogP contribution in [0.25, 0.3) is 11.1 Å². The van der Waals surface area contributed by atoms with Gasteiger partial charge in [-0.3, -0.25) is 4.79 Å². The van der Waals surface area contributed by atoms with Crippen molar-refractivity contribution in [2.24, 2.45) is 5.92 Å². The van der Waals surface area contributed by atoms with Crippen molar-refractivity contribution in [2.45, 2.75) is 65.7 Å². The van der Waals surface area contributed by atoms with Crippen molar-refractivity contribution >= 4 is 22.8 Å². The maximum atomic E-state index is 12.6. The van der Waals surface area contributed by atoms with E-state index in [0.29, 0.717) is 5.71 Å². The van der Waals surface area contributed by atoms with Crippen LogP contribution in [0.3, 0.4) is 0 Å². The highest BCUT2D eigenvalue weighted by atomic mass is 16.3. The van der Waals surface area contributed by atoms with E-state index in [-0.39, 0.29) is 11.8 Å². The highest BCUT2D eigenvalue weighted by Crippen LogP contribution is 2.33. The van der Waals surface area contributed by atoms with Crippen LogP contribution in [0.4, 0.5) is 5.82 Å². The molecular formula is C23H32N4O2. The average Bonchev–Trinajstić information content (AvgIpc) is 3.01. The highest BCUT2D eigenvalue weighted by Gasteiger charge is 2.28. The molecule has 1 N–H and O–H groups in total. The minimum atomic E-state index is 0.0946. The van der Waals surface area contributed by atoms with E-state index < -0.39 is 0 Å². The quantitative estimate of drug-likeness (QED) is 0.760. The Hall–Kier alpha value is -2.37. The van der Waals surface area contributed by atoms with Gasteiger partial charge in [0.1, 0.15) is 17.4 Å². The minimum absolute atomic E-state index is 0.0946. The normalized spacial score (nSPS) is 18.2. The Bertz CT molecular complexity index is 923. The maximum Gasteiger partial charge on any atom is 0.231 e. The van der Waals surface area contributed by atoms with Gasteiger partial charge in [0.15, 0.2) is 0 Å². The molecule has 0 spiro atoms. The maximum absolute atomic E-state index is 12.6. The summed E-state index contributed by atoms with van der Waals surface area (Å²) in [6.45, 7) is 8.36. The fraction of sp³-hybridized carbons (Fsp3) is 0.609. The number of nitrogens with one attached hydrogen (secondary N) is 1. The monoisotopic (exact) mass is 396 g/mol. The van der Waals surface area contributed by atoms with Crippen LogP contribution in [0.1, 0.15) is 62.1 Å². The minimum Gasteiger partial charge on any atom is -0.443 e. The van der Waals surface area contributed by atoms with Gasteiger partial charge in [0.25, 0.3) is 0 Å². The van der Waals surface area contributed by atoms with Gasteiger partial charge < -0.3 is 14.6 Å². The first kappa shape index (κ1) is 19.9. The van der Waals surface area contributed by atoms with Crippen LogP contribution >= 0.6 is 0 Å². The molecule has 1 aliphatic heterocycles. The molecule has 1 amide bonds. The second kappa shape index (κ2) is 8.56. The SMILES string of the molecule is Cc1nc(N2CCC(C(=O)NCCC3=CCCCC3)CC2)c2c(C)c(C)oc2n1. The first-order valence-electron chi connectivity index (χ1n) is 11.0. The molecular weight excluding hydrogens is 364 g/mol. The van der Waals surface area contributed by atoms with Gasteiger partial charge in [-0.05, 0) is 65.7 Å². The molecule has 0 unspecified atom stereocenters. The van der Waals surface area contributed by atoms with Gasteiger partial charge in [0, 0.05) is 31.1 Å². The van der Waals surface area contributed by atoms with Gasteiger partial charge >= 0.3 is 0 Å². The van der Waals surface area contributed by atoms with Crippen LogP contribution in [0.2, 0.25) is 0 Å². The number of carbonyl (C=O) groups excluding carboxylic acids is 1. The van der Waals surface area contributed by atoms with E-state index in [9.17, 15) is 4.79 Å². The van der Waals surface area contributed by atoms with Crippen LogP contribution in [-0.2, 0) is 4.79 Å². The second-order valence-corrected chi connectivity index (χ2v) is 8.47. The molecule has 0 atom stereocenters. The van der Waals surface area contributed by atoms with Crippen molar-refractivity contribution in [1.29, 1.82) is 0 Å². The number of allylic oxidation sites excluding steroid dienone is 1. The molecule has 156 valence electrons. The summed E-state index contributed by atoms with van der Waals surface area (Å²) in [5, 5.41) is 4.18. The number of hydrogen-bond acceptors (Lipinski definition) is 5. The van der Waals surface area contributed by atoms with Crippen molar-refractivity contribution in [2.75, 3.05) is 24.5 Å². The van der Waals surface area contributed by atoms with Crippen LogP contribution in [0.15, 0.2) is 16.1 Å². The molecule has 2 aromatic rings. The van der Waals surface area contributed by atoms with Crippen molar-refractivity contribution < 1.29 is 9.21 Å². The number of carbonyl (C=O) groups is 1. The molecule has 0 radical (unpaired) electrons. The largest absolute Gasteiger partial charge is 0.443 e. The van der Waals surface area contributed by atoms with E-state index in [2.05, 4.69) is 28.2 Å². The number of nitrogens with zero attached hydrogens (tertiary/aromatic N) is 3. The molecule has 1 aliphatic carbocycles. The Kier molecular flexibility index (Phi) is 5.88. The third kappa shape index (κ3) is 4.31. The number of aromatic nitrogens is 2. The van der Waals surface area contributed by atoms with E-state index in [0.717, 1.165) is 67.2 Å². The third-order valence-electron chi connectivity index (χ3n) is 6.42. The summed E-state index contributed by atoms with van der Waals surface area (Å²) in [5.74, 6) is 2.86. The Balaban J connectivity index is 1.35. The Morgan fingerprint density at radius 2 is 2.00 bits per heavy atom. The summed E-state index contributed by atoms with van der Waals surface area (Å²) in [6, 6.07) is 0. The van der Waals surface area contributed by atoms with E-state index >= 15 is 0 Å². The summed E-state index contributed by atoms with van der Waals surface area (Å²) in [4.78, 5) is 24.1. The lowest BCUT2D eigenvalue weighted by atomic mass is 9.95. The molecule has 6 nitrogen and oxygen atoms in total. The van der Waals surface area contributed by atoms with Gasteiger partial charge in [-0.15, -0.1) is 0 Å². The summed E-state index contributed by atoms with van der Waals surface area (Å²) in [7, 11) is 0. The van der Waals surface area contributed by atoms with Crippen molar-refractivity contribution in [3.8, 4) is 0 Å². The summed E-state index contributed by atoms with van der Waals surface area (Å²) >= 11 is 0. The molecule has 0 saturated carbocycles. The van der Waals surface area contributed by atoms with Gasteiger partial charge in [-0.25, -0.2) is 4.98 Å². The first-order chi connectivity index (χ1) is 14.0. The fourth-order valence-corrected chi connectivity index (χ4v) is 4.54. The number of amides is 1. The first-order valence-corrected chi connectivity index (χ1v) is 11.0. The van der Waals surface area contributed by atoms with Gasteiger partial charge in [0.2, 0.25) is 11.6 Å². The zero-order chi connectivity index (χ0) is 20.4. The number of furan rings is 1. The van der Waals surface area contributed by atoms with Crippen LogP contribution in [0, 0.1) is 26.7 Å². The zero-order valence-electron chi connectivity index (χ0n) is 17.9. The van der Waals surface area contributed by atoms with Crippen LogP contribution < -0.4 is 10.2 Å². The number of piperidine rings is 1. The predicted octanol–water partition coefficient (Wildman–Crippen LogP) is 4.37. The second-order valence-electron chi connectivity index (χ2n) is 8.47. The number of fused-ring (bicyclic) bond motifs is 1. The van der Waals surface area contributed by atoms with E-state index in [1.54, 1.807) is 0 Å². The van der Waals surface area contributed by atoms with E-state index in [1.165, 1.54) is 31.3 Å². The molecule has 2 aromatic heterocycles. The van der Waals surface area contributed by atoms with Crippen LogP contribution in [0.5, 0.6) is 0 Å². The molecule has 2 aliphatic rings. The smallest absolute Gasteiger partial charge is 0.231 e. The number of anilines is 1. The van der Waals surface area contributed by atoms with E-state index in [4.69, 9.17) is 9.40 Å². The van der Waals surface area contributed by atoms with Crippen molar-refractivity contribution in [3.63, 3.8) is 0 Å². The summed E-state index contributed by atoms with van der Waals surface area (Å²) < 4.78 is 5.82. The predicted molar refractivity (Wildman–Crippen MR) is 115 cm³/mol. The fourth-order valence-electron chi connectivity index (χ4n) is 4.54. The highest BCUT2D eigenvalue weighted by molar-refractivity contribution is 5.90. The Labute approximate surface area is 172 Å². The van der Waals surface area contributed by atoms with Crippen molar-refractivity contribution in [1.82, 2.24) is 15.3 Å². The molecule has 0 aromatic carbocycles. The Morgan fingerprint density at radius 3 is 2.72 bits per heavy atom. The Morgan fingerprint density at radius 1 is 1.21 bits per heavy atom.